The molecular formula is C14H18N4O2. The minimum Gasteiger partial charge on any atom is -0.346 e. The van der Waals surface area contributed by atoms with Crippen LogP contribution in [-0.4, -0.2) is 22.6 Å². The van der Waals surface area contributed by atoms with Crippen molar-refractivity contribution in [3.05, 3.63) is 47.6 Å². The van der Waals surface area contributed by atoms with Crippen LogP contribution in [0.15, 0.2) is 34.9 Å². The maximum absolute atomic E-state index is 11.4. The van der Waals surface area contributed by atoms with E-state index >= 15 is 0 Å². The van der Waals surface area contributed by atoms with Gasteiger partial charge in [0.2, 0.25) is 11.8 Å². The number of nitrogens with one attached hydrogen (secondary N) is 1. The zero-order valence-electron chi connectivity index (χ0n) is 11.4. The van der Waals surface area contributed by atoms with E-state index in [1.807, 2.05) is 37.3 Å². The third-order valence-electron chi connectivity index (χ3n) is 2.82. The van der Waals surface area contributed by atoms with Crippen LogP contribution in [0.5, 0.6) is 0 Å². The molecule has 0 saturated heterocycles. The predicted molar refractivity (Wildman–Crippen MR) is 73.8 cm³/mol. The average Bonchev–Trinajstić information content (AvgIpc) is 2.89. The van der Waals surface area contributed by atoms with Gasteiger partial charge in [-0.25, -0.2) is 0 Å². The van der Waals surface area contributed by atoms with Crippen LogP contribution < -0.4 is 11.1 Å². The molecule has 1 aromatic heterocycles. The minimum absolute atomic E-state index is 0.116. The number of aromatic nitrogens is 2. The molecule has 2 rings (SSSR count). The highest BCUT2D eigenvalue weighted by molar-refractivity contribution is 5.76. The number of rotatable bonds is 6. The molecular weight excluding hydrogens is 256 g/mol. The van der Waals surface area contributed by atoms with Gasteiger partial charge in [0, 0.05) is 13.0 Å². The van der Waals surface area contributed by atoms with Gasteiger partial charge < -0.3 is 15.6 Å². The second-order valence-corrected chi connectivity index (χ2v) is 4.54. The van der Waals surface area contributed by atoms with E-state index in [1.165, 1.54) is 0 Å². The van der Waals surface area contributed by atoms with E-state index < -0.39 is 0 Å². The number of carbonyl (C=O) groups is 1. The van der Waals surface area contributed by atoms with E-state index in [4.69, 9.17) is 10.3 Å². The van der Waals surface area contributed by atoms with E-state index in [-0.39, 0.29) is 11.9 Å². The topological polar surface area (TPSA) is 94.0 Å². The fourth-order valence-electron chi connectivity index (χ4n) is 1.80. The second-order valence-electron chi connectivity index (χ2n) is 4.54. The molecule has 1 aromatic carbocycles. The van der Waals surface area contributed by atoms with Gasteiger partial charge in [0.05, 0.1) is 12.5 Å². The summed E-state index contributed by atoms with van der Waals surface area (Å²) in [6, 6.07) is 9.58. The smallest absolute Gasteiger partial charge is 0.231 e. The molecule has 0 spiro atoms. The quantitative estimate of drug-likeness (QED) is 0.825. The highest BCUT2D eigenvalue weighted by Crippen LogP contribution is 2.11. The van der Waals surface area contributed by atoms with Gasteiger partial charge in [-0.15, -0.1) is 0 Å². The van der Waals surface area contributed by atoms with Crippen LogP contribution in [0.25, 0.3) is 0 Å². The summed E-state index contributed by atoms with van der Waals surface area (Å²) >= 11 is 0. The number of carbonyl (C=O) groups excluding carboxylic acids is 1. The van der Waals surface area contributed by atoms with Gasteiger partial charge in [0.25, 0.3) is 0 Å². The lowest BCUT2D eigenvalue weighted by molar-refractivity contribution is -0.121. The Balaban J connectivity index is 1.96. The van der Waals surface area contributed by atoms with Crippen LogP contribution in [0.1, 0.15) is 36.7 Å². The third-order valence-corrected chi connectivity index (χ3v) is 2.82. The zero-order chi connectivity index (χ0) is 14.4. The molecule has 0 saturated carbocycles. The summed E-state index contributed by atoms with van der Waals surface area (Å²) in [5.41, 5.74) is 6.42. The summed E-state index contributed by atoms with van der Waals surface area (Å²) in [6.45, 7) is 2.13. The molecule has 0 bridgehead atoms. The Morgan fingerprint density at radius 2 is 2.15 bits per heavy atom. The van der Waals surface area contributed by atoms with Crippen LogP contribution in [0.2, 0.25) is 0 Å². The van der Waals surface area contributed by atoms with Crippen LogP contribution in [0, 0.1) is 0 Å². The standard InChI is InChI=1S/C14H18N4O2/c1-10(16-12(19)7-8-15)14-17-13(20-18-14)9-11-5-3-2-4-6-11/h2-6,10H,7-9,15H2,1H3,(H,16,19). The summed E-state index contributed by atoms with van der Waals surface area (Å²) < 4.78 is 5.19. The molecule has 6 nitrogen and oxygen atoms in total. The normalized spacial score (nSPS) is 12.1. The third kappa shape index (κ3) is 3.89. The fraction of sp³-hybridized carbons (Fsp3) is 0.357. The van der Waals surface area contributed by atoms with Crippen molar-refractivity contribution in [1.82, 2.24) is 15.5 Å². The van der Waals surface area contributed by atoms with E-state index in [0.29, 0.717) is 31.1 Å². The summed E-state index contributed by atoms with van der Waals surface area (Å²) in [7, 11) is 0. The molecule has 6 heteroatoms. The molecule has 20 heavy (non-hydrogen) atoms. The molecule has 0 aliphatic rings. The lowest BCUT2D eigenvalue weighted by atomic mass is 10.1. The number of amides is 1. The number of hydrogen-bond acceptors (Lipinski definition) is 5. The van der Waals surface area contributed by atoms with Gasteiger partial charge >= 0.3 is 0 Å². The summed E-state index contributed by atoms with van der Waals surface area (Å²) in [4.78, 5) is 15.7. The second kappa shape index (κ2) is 6.81. The van der Waals surface area contributed by atoms with Crippen LogP contribution in [0.4, 0.5) is 0 Å². The molecule has 0 aliphatic heterocycles. The Morgan fingerprint density at radius 3 is 2.85 bits per heavy atom. The average molecular weight is 274 g/mol. The van der Waals surface area contributed by atoms with Crippen molar-refractivity contribution in [2.75, 3.05) is 6.54 Å². The highest BCUT2D eigenvalue weighted by atomic mass is 16.5. The highest BCUT2D eigenvalue weighted by Gasteiger charge is 2.15. The zero-order valence-corrected chi connectivity index (χ0v) is 11.4. The molecule has 0 fully saturated rings. The lowest BCUT2D eigenvalue weighted by Crippen LogP contribution is -2.28. The van der Waals surface area contributed by atoms with Gasteiger partial charge in [-0.1, -0.05) is 35.5 Å². The number of hydrogen-bond donors (Lipinski definition) is 2. The van der Waals surface area contributed by atoms with E-state index in [9.17, 15) is 4.79 Å². The molecule has 1 atom stereocenters. The maximum Gasteiger partial charge on any atom is 0.231 e. The first-order chi connectivity index (χ1) is 9.69. The van der Waals surface area contributed by atoms with Crippen molar-refractivity contribution in [1.29, 1.82) is 0 Å². The van der Waals surface area contributed by atoms with E-state index in [0.717, 1.165) is 5.56 Å². The Kier molecular flexibility index (Phi) is 4.84. The van der Waals surface area contributed by atoms with Crippen LogP contribution in [-0.2, 0) is 11.2 Å². The number of benzene rings is 1. The van der Waals surface area contributed by atoms with Crippen LogP contribution in [0.3, 0.4) is 0 Å². The molecule has 106 valence electrons. The Bertz CT molecular complexity index is 553. The van der Waals surface area contributed by atoms with Crippen molar-refractivity contribution < 1.29 is 9.32 Å². The van der Waals surface area contributed by atoms with Crippen molar-refractivity contribution in [2.45, 2.75) is 25.8 Å². The first kappa shape index (κ1) is 14.2. The Morgan fingerprint density at radius 1 is 1.40 bits per heavy atom. The Labute approximate surface area is 117 Å². The van der Waals surface area contributed by atoms with Gasteiger partial charge in [-0.05, 0) is 12.5 Å². The summed E-state index contributed by atoms with van der Waals surface area (Å²) in [5, 5.41) is 6.66. The fourth-order valence-corrected chi connectivity index (χ4v) is 1.80. The van der Waals surface area contributed by atoms with Gasteiger partial charge in [0.1, 0.15) is 0 Å². The summed E-state index contributed by atoms with van der Waals surface area (Å²) in [5.74, 6) is 0.891. The first-order valence-corrected chi connectivity index (χ1v) is 6.55. The van der Waals surface area contributed by atoms with Crippen molar-refractivity contribution in [3.8, 4) is 0 Å². The first-order valence-electron chi connectivity index (χ1n) is 6.55. The van der Waals surface area contributed by atoms with Gasteiger partial charge in [-0.3, -0.25) is 4.79 Å². The molecule has 1 heterocycles. The SMILES string of the molecule is CC(NC(=O)CCN)c1noc(Cc2ccccc2)n1. The van der Waals surface area contributed by atoms with Gasteiger partial charge in [-0.2, -0.15) is 4.98 Å². The van der Waals surface area contributed by atoms with Crippen molar-refractivity contribution >= 4 is 5.91 Å². The largest absolute Gasteiger partial charge is 0.346 e. The number of nitrogens with zero attached hydrogens (tertiary/aromatic N) is 2. The molecule has 1 unspecified atom stereocenters. The van der Waals surface area contributed by atoms with Gasteiger partial charge in [0.15, 0.2) is 5.82 Å². The predicted octanol–water partition coefficient (Wildman–Crippen LogP) is 1.19. The van der Waals surface area contributed by atoms with E-state index in [1.54, 1.807) is 0 Å². The maximum atomic E-state index is 11.4. The summed E-state index contributed by atoms with van der Waals surface area (Å²) in [6.07, 6.45) is 0.871. The van der Waals surface area contributed by atoms with Crippen LogP contribution >= 0.6 is 0 Å². The van der Waals surface area contributed by atoms with Crippen molar-refractivity contribution in [2.24, 2.45) is 5.73 Å². The van der Waals surface area contributed by atoms with E-state index in [2.05, 4.69) is 15.5 Å². The molecule has 3 N–H and O–H groups in total. The monoisotopic (exact) mass is 274 g/mol. The molecule has 0 radical (unpaired) electrons. The lowest BCUT2D eigenvalue weighted by Gasteiger charge is -2.08. The Hall–Kier alpha value is -2.21. The molecule has 1 amide bonds. The van der Waals surface area contributed by atoms with Crippen molar-refractivity contribution in [3.63, 3.8) is 0 Å². The number of nitrogens with two attached hydrogens (primary N) is 1. The molecule has 2 aromatic rings. The minimum atomic E-state index is -0.290. The molecule has 0 aliphatic carbocycles.